The number of nitrogens with one attached hydrogen (secondary N) is 2. The van der Waals surface area contributed by atoms with Crippen LogP contribution in [-0.2, 0) is 16.6 Å². The van der Waals surface area contributed by atoms with Gasteiger partial charge in [-0.2, -0.15) is 0 Å². The van der Waals surface area contributed by atoms with Gasteiger partial charge in [0.25, 0.3) is 5.91 Å². The number of hydrogen-bond donors (Lipinski definition) is 2. The molecule has 1 aliphatic carbocycles. The lowest BCUT2D eigenvalue weighted by Crippen LogP contribution is -2.25. The molecule has 0 atom stereocenters. The third-order valence-electron chi connectivity index (χ3n) is 4.85. The fraction of sp³-hybridized carbons (Fsp3) is 0.318. The highest BCUT2D eigenvalue weighted by Gasteiger charge is 2.15. The van der Waals surface area contributed by atoms with Crippen molar-refractivity contribution < 1.29 is 13.2 Å². The van der Waals surface area contributed by atoms with Crippen LogP contribution in [0.4, 0.5) is 0 Å². The molecule has 2 aromatic rings. The SMILES string of the molecule is O=C(NCCC1=CCCCC1)c1ccc(S(=O)(=O)NCc2ccccc2)cc1. The third kappa shape index (κ3) is 5.78. The van der Waals surface area contributed by atoms with Gasteiger partial charge in [0.15, 0.2) is 0 Å². The molecule has 1 aliphatic rings. The summed E-state index contributed by atoms with van der Waals surface area (Å²) in [4.78, 5) is 12.4. The normalized spacial score (nSPS) is 14.4. The van der Waals surface area contributed by atoms with Crippen LogP contribution in [0.25, 0.3) is 0 Å². The number of amides is 1. The van der Waals surface area contributed by atoms with E-state index >= 15 is 0 Å². The summed E-state index contributed by atoms with van der Waals surface area (Å²) in [5.41, 5.74) is 2.76. The maximum absolute atomic E-state index is 12.4. The summed E-state index contributed by atoms with van der Waals surface area (Å²) >= 11 is 0. The number of rotatable bonds is 8. The number of sulfonamides is 1. The van der Waals surface area contributed by atoms with E-state index in [0.717, 1.165) is 24.8 Å². The second kappa shape index (κ2) is 9.66. The minimum absolute atomic E-state index is 0.146. The average Bonchev–Trinajstić information content (AvgIpc) is 2.74. The second-order valence-corrected chi connectivity index (χ2v) is 8.72. The molecule has 0 heterocycles. The van der Waals surface area contributed by atoms with Crippen molar-refractivity contribution in [3.63, 3.8) is 0 Å². The summed E-state index contributed by atoms with van der Waals surface area (Å²) in [5, 5.41) is 2.91. The Morgan fingerprint density at radius 2 is 1.71 bits per heavy atom. The summed E-state index contributed by atoms with van der Waals surface area (Å²) in [6.07, 6.45) is 7.90. The van der Waals surface area contributed by atoms with Crippen molar-refractivity contribution in [2.24, 2.45) is 0 Å². The standard InChI is InChI=1S/C22H26N2O3S/c25-22(23-16-15-18-7-3-1-4-8-18)20-11-13-21(14-12-20)28(26,27)24-17-19-9-5-2-6-10-19/h2,5-7,9-14,24H,1,3-4,8,15-17H2,(H,23,25). The summed E-state index contributed by atoms with van der Waals surface area (Å²) in [7, 11) is -3.62. The van der Waals surface area contributed by atoms with Crippen molar-refractivity contribution in [1.82, 2.24) is 10.0 Å². The highest BCUT2D eigenvalue weighted by molar-refractivity contribution is 7.89. The van der Waals surface area contributed by atoms with Crippen molar-refractivity contribution in [3.05, 3.63) is 77.4 Å². The molecule has 5 nitrogen and oxygen atoms in total. The molecule has 0 bridgehead atoms. The minimum Gasteiger partial charge on any atom is -0.352 e. The molecule has 0 aromatic heterocycles. The fourth-order valence-electron chi connectivity index (χ4n) is 3.21. The molecule has 0 aliphatic heterocycles. The topological polar surface area (TPSA) is 75.3 Å². The maximum atomic E-state index is 12.4. The lowest BCUT2D eigenvalue weighted by molar-refractivity contribution is 0.0954. The van der Waals surface area contributed by atoms with Crippen LogP contribution in [0.15, 0.2) is 71.1 Å². The van der Waals surface area contributed by atoms with Crippen LogP contribution in [0.3, 0.4) is 0 Å². The summed E-state index contributed by atoms with van der Waals surface area (Å²) in [6.45, 7) is 0.824. The second-order valence-electron chi connectivity index (χ2n) is 6.95. The largest absolute Gasteiger partial charge is 0.352 e. The van der Waals surface area contributed by atoms with Crippen LogP contribution < -0.4 is 10.0 Å². The first-order valence-corrected chi connectivity index (χ1v) is 11.1. The van der Waals surface area contributed by atoms with E-state index in [0.29, 0.717) is 12.1 Å². The minimum atomic E-state index is -3.62. The van der Waals surface area contributed by atoms with E-state index < -0.39 is 10.0 Å². The molecule has 2 aromatic carbocycles. The Bertz CT molecular complexity index is 920. The van der Waals surface area contributed by atoms with Crippen molar-refractivity contribution in [2.45, 2.75) is 43.5 Å². The van der Waals surface area contributed by atoms with Gasteiger partial charge in [0, 0.05) is 18.7 Å². The van der Waals surface area contributed by atoms with Crippen molar-refractivity contribution in [3.8, 4) is 0 Å². The zero-order valence-corrected chi connectivity index (χ0v) is 16.7. The zero-order chi connectivity index (χ0) is 19.8. The zero-order valence-electron chi connectivity index (χ0n) is 15.9. The van der Waals surface area contributed by atoms with E-state index in [4.69, 9.17) is 0 Å². The Labute approximate surface area is 166 Å². The summed E-state index contributed by atoms with van der Waals surface area (Å²) < 4.78 is 27.4. The predicted molar refractivity (Wildman–Crippen MR) is 110 cm³/mol. The van der Waals surface area contributed by atoms with E-state index in [1.807, 2.05) is 30.3 Å². The molecule has 6 heteroatoms. The number of benzene rings is 2. The Hall–Kier alpha value is -2.44. The van der Waals surface area contributed by atoms with Crippen LogP contribution >= 0.6 is 0 Å². The lowest BCUT2D eigenvalue weighted by Gasteiger charge is -2.13. The van der Waals surface area contributed by atoms with Crippen LogP contribution in [0.2, 0.25) is 0 Å². The summed E-state index contributed by atoms with van der Waals surface area (Å²) in [5.74, 6) is -0.183. The molecule has 28 heavy (non-hydrogen) atoms. The molecular formula is C22H26N2O3S. The smallest absolute Gasteiger partial charge is 0.251 e. The van der Waals surface area contributed by atoms with Gasteiger partial charge in [-0.1, -0.05) is 42.0 Å². The van der Waals surface area contributed by atoms with Crippen LogP contribution in [0, 0.1) is 0 Å². The Morgan fingerprint density at radius 3 is 2.39 bits per heavy atom. The molecule has 0 unspecified atom stereocenters. The Morgan fingerprint density at radius 1 is 0.964 bits per heavy atom. The molecule has 2 N–H and O–H groups in total. The van der Waals surface area contributed by atoms with Gasteiger partial charge < -0.3 is 5.32 Å². The van der Waals surface area contributed by atoms with E-state index in [1.165, 1.54) is 30.5 Å². The van der Waals surface area contributed by atoms with Crippen LogP contribution in [0.1, 0.15) is 48.0 Å². The maximum Gasteiger partial charge on any atom is 0.251 e. The van der Waals surface area contributed by atoms with E-state index in [-0.39, 0.29) is 17.3 Å². The van der Waals surface area contributed by atoms with Gasteiger partial charge in [0.1, 0.15) is 0 Å². The molecule has 148 valence electrons. The molecule has 1 amide bonds. The number of carbonyl (C=O) groups excluding carboxylic acids is 1. The van der Waals surface area contributed by atoms with Crippen LogP contribution in [-0.4, -0.2) is 20.9 Å². The first kappa shape index (κ1) is 20.3. The van der Waals surface area contributed by atoms with Crippen molar-refractivity contribution in [1.29, 1.82) is 0 Å². The quantitative estimate of drug-likeness (QED) is 0.665. The lowest BCUT2D eigenvalue weighted by atomic mass is 9.97. The van der Waals surface area contributed by atoms with Gasteiger partial charge in [-0.3, -0.25) is 4.79 Å². The molecule has 0 radical (unpaired) electrons. The van der Waals surface area contributed by atoms with Crippen molar-refractivity contribution >= 4 is 15.9 Å². The number of allylic oxidation sites excluding steroid dienone is 1. The van der Waals surface area contributed by atoms with E-state index in [2.05, 4.69) is 16.1 Å². The molecule has 0 fully saturated rings. The monoisotopic (exact) mass is 398 g/mol. The average molecular weight is 399 g/mol. The number of carbonyl (C=O) groups is 1. The Kier molecular flexibility index (Phi) is 7.01. The summed E-state index contributed by atoms with van der Waals surface area (Å²) in [6, 6.07) is 15.4. The fourth-order valence-corrected chi connectivity index (χ4v) is 4.23. The first-order chi connectivity index (χ1) is 13.5. The van der Waals surface area contributed by atoms with Gasteiger partial charge in [-0.25, -0.2) is 13.1 Å². The van der Waals surface area contributed by atoms with Gasteiger partial charge in [-0.15, -0.1) is 0 Å². The van der Waals surface area contributed by atoms with E-state index in [9.17, 15) is 13.2 Å². The van der Waals surface area contributed by atoms with Gasteiger partial charge >= 0.3 is 0 Å². The highest BCUT2D eigenvalue weighted by Crippen LogP contribution is 2.19. The molecule has 0 spiro atoms. The number of hydrogen-bond acceptors (Lipinski definition) is 3. The third-order valence-corrected chi connectivity index (χ3v) is 6.27. The predicted octanol–water partition coefficient (Wildman–Crippen LogP) is 3.79. The molecule has 3 rings (SSSR count). The van der Waals surface area contributed by atoms with Gasteiger partial charge in [-0.05, 0) is 61.9 Å². The molecule has 0 saturated heterocycles. The van der Waals surface area contributed by atoms with Gasteiger partial charge in [0.2, 0.25) is 10.0 Å². The first-order valence-electron chi connectivity index (χ1n) is 9.64. The molecular weight excluding hydrogens is 372 g/mol. The van der Waals surface area contributed by atoms with E-state index in [1.54, 1.807) is 12.1 Å². The van der Waals surface area contributed by atoms with Crippen molar-refractivity contribution in [2.75, 3.05) is 6.54 Å². The van der Waals surface area contributed by atoms with Gasteiger partial charge in [0.05, 0.1) is 4.90 Å². The Balaban J connectivity index is 1.53. The van der Waals surface area contributed by atoms with Crippen LogP contribution in [0.5, 0.6) is 0 Å². The molecule has 0 saturated carbocycles. The highest BCUT2D eigenvalue weighted by atomic mass is 32.2.